The molecule has 2 aromatic rings. The first-order chi connectivity index (χ1) is 14.0. The molecule has 0 radical (unpaired) electrons. The lowest BCUT2D eigenvalue weighted by Crippen LogP contribution is -2.43. The Balaban J connectivity index is 1.78. The van der Waals surface area contributed by atoms with Crippen LogP contribution in [-0.2, 0) is 0 Å². The average Bonchev–Trinajstić information content (AvgIpc) is 2.73. The molecule has 8 heteroatoms. The van der Waals surface area contributed by atoms with Gasteiger partial charge in [-0.3, -0.25) is 4.79 Å². The normalized spacial score (nSPS) is 15.7. The molecular weight excluding hydrogens is 374 g/mol. The van der Waals surface area contributed by atoms with Crippen molar-refractivity contribution in [2.24, 2.45) is 0 Å². The van der Waals surface area contributed by atoms with Crippen molar-refractivity contribution in [1.29, 1.82) is 0 Å². The van der Waals surface area contributed by atoms with Crippen molar-refractivity contribution in [3.63, 3.8) is 0 Å². The summed E-state index contributed by atoms with van der Waals surface area (Å²) in [5.74, 6) is 0.974. The number of carbonyl (C=O) groups is 2. The molecule has 29 heavy (non-hydrogen) atoms. The van der Waals surface area contributed by atoms with Gasteiger partial charge in [0.15, 0.2) is 11.5 Å². The molecule has 152 valence electrons. The number of nitrogens with zero attached hydrogens (tertiary/aromatic N) is 1. The molecular formula is C21H22N3O5-. The van der Waals surface area contributed by atoms with Crippen LogP contribution < -0.4 is 25.3 Å². The highest BCUT2D eigenvalue weighted by Gasteiger charge is 2.23. The number of nitrogens with one attached hydrogen (secondary N) is 2. The second-order valence-corrected chi connectivity index (χ2v) is 6.31. The lowest BCUT2D eigenvalue weighted by atomic mass is 10.0. The molecule has 0 aromatic heterocycles. The summed E-state index contributed by atoms with van der Waals surface area (Å²) in [6.07, 6.45) is 2.81. The first-order valence-electron chi connectivity index (χ1n) is 9.17. The number of methoxy groups -OCH3 is 1. The number of carboxylic acid groups (broad SMARTS) is 1. The zero-order valence-corrected chi connectivity index (χ0v) is 16.2. The zero-order valence-electron chi connectivity index (χ0n) is 16.2. The third-order valence-electron chi connectivity index (χ3n) is 4.39. The van der Waals surface area contributed by atoms with Crippen LogP contribution in [0, 0.1) is 0 Å². The van der Waals surface area contributed by atoms with Gasteiger partial charge in [0, 0.05) is 17.5 Å². The van der Waals surface area contributed by atoms with E-state index in [0.717, 1.165) is 5.56 Å². The minimum atomic E-state index is -1.43. The largest absolute Gasteiger partial charge is 0.530 e. The number of rotatable bonds is 6. The summed E-state index contributed by atoms with van der Waals surface area (Å²) in [5, 5.41) is 14.2. The van der Waals surface area contributed by atoms with Crippen LogP contribution in [0.5, 0.6) is 11.5 Å². The summed E-state index contributed by atoms with van der Waals surface area (Å²) in [5.41, 5.74) is 4.74. The average molecular weight is 396 g/mol. The van der Waals surface area contributed by atoms with E-state index in [1.165, 1.54) is 11.1 Å². The maximum Gasteiger partial charge on any atom is 0.272 e. The molecule has 0 saturated heterocycles. The second kappa shape index (κ2) is 9.11. The fourth-order valence-electron chi connectivity index (χ4n) is 3.07. The van der Waals surface area contributed by atoms with Crippen LogP contribution in [-0.4, -0.2) is 30.7 Å². The fourth-order valence-corrected chi connectivity index (χ4v) is 3.07. The predicted octanol–water partition coefficient (Wildman–Crippen LogP) is 2.45. The SMILES string of the molecule is CCOc1cc(C2CC=CN(C(=O)c3cccc(NC(=O)[O-])c3)N2)ccc1OC. The van der Waals surface area contributed by atoms with Crippen LogP contribution in [0.25, 0.3) is 0 Å². The van der Waals surface area contributed by atoms with Gasteiger partial charge >= 0.3 is 0 Å². The molecule has 1 aliphatic rings. The Morgan fingerprint density at radius 3 is 2.79 bits per heavy atom. The van der Waals surface area contributed by atoms with Crippen LogP contribution in [0.4, 0.5) is 10.5 Å². The van der Waals surface area contributed by atoms with Gasteiger partial charge in [0.05, 0.1) is 19.8 Å². The highest BCUT2D eigenvalue weighted by molar-refractivity contribution is 5.96. The number of ether oxygens (including phenoxy) is 2. The van der Waals surface area contributed by atoms with Crippen molar-refractivity contribution >= 4 is 17.7 Å². The van der Waals surface area contributed by atoms with Crippen LogP contribution in [0.3, 0.4) is 0 Å². The summed E-state index contributed by atoms with van der Waals surface area (Å²) in [6, 6.07) is 11.7. The molecule has 1 unspecified atom stereocenters. The van der Waals surface area contributed by atoms with Crippen LogP contribution >= 0.6 is 0 Å². The van der Waals surface area contributed by atoms with Crippen LogP contribution in [0.15, 0.2) is 54.7 Å². The van der Waals surface area contributed by atoms with E-state index >= 15 is 0 Å². The van der Waals surface area contributed by atoms with E-state index in [1.54, 1.807) is 31.5 Å². The number of amides is 2. The van der Waals surface area contributed by atoms with Gasteiger partial charge < -0.3 is 24.7 Å². The smallest absolute Gasteiger partial charge is 0.272 e. The highest BCUT2D eigenvalue weighted by atomic mass is 16.5. The predicted molar refractivity (Wildman–Crippen MR) is 105 cm³/mol. The molecule has 3 rings (SSSR count). The summed E-state index contributed by atoms with van der Waals surface area (Å²) >= 11 is 0. The number of hydrogen-bond acceptors (Lipinski definition) is 6. The van der Waals surface area contributed by atoms with Crippen molar-refractivity contribution in [2.75, 3.05) is 19.0 Å². The second-order valence-electron chi connectivity index (χ2n) is 6.31. The summed E-state index contributed by atoms with van der Waals surface area (Å²) < 4.78 is 11.0. The van der Waals surface area contributed by atoms with E-state index in [4.69, 9.17) is 9.47 Å². The summed E-state index contributed by atoms with van der Waals surface area (Å²) in [6.45, 7) is 2.41. The molecule has 1 aliphatic heterocycles. The van der Waals surface area contributed by atoms with E-state index in [1.807, 2.05) is 31.2 Å². The molecule has 8 nitrogen and oxygen atoms in total. The van der Waals surface area contributed by atoms with E-state index in [2.05, 4.69) is 10.7 Å². The molecule has 1 heterocycles. The lowest BCUT2D eigenvalue weighted by Gasteiger charge is -2.30. The Hall–Kier alpha value is -3.52. The zero-order chi connectivity index (χ0) is 20.8. The molecule has 0 spiro atoms. The molecule has 0 bridgehead atoms. The third kappa shape index (κ3) is 4.85. The first-order valence-corrected chi connectivity index (χ1v) is 9.17. The number of anilines is 1. The Morgan fingerprint density at radius 1 is 1.24 bits per heavy atom. The fraction of sp³-hybridized carbons (Fsp3) is 0.238. The Bertz CT molecular complexity index is 928. The summed E-state index contributed by atoms with van der Waals surface area (Å²) in [7, 11) is 1.59. The van der Waals surface area contributed by atoms with Gasteiger partial charge in [-0.15, -0.1) is 0 Å². The standard InChI is InChI=1S/C21H23N3O5/c1-3-29-19-13-14(9-10-18(19)28-2)17-8-5-11-24(23-17)20(25)15-6-4-7-16(12-15)22-21(26)27/h4-7,9-13,17,22-23H,3,8H2,1-2H3,(H,26,27)/p-1. The quantitative estimate of drug-likeness (QED) is 0.778. The molecule has 0 aliphatic carbocycles. The number of benzene rings is 2. The number of hydrogen-bond donors (Lipinski definition) is 2. The minimum Gasteiger partial charge on any atom is -0.530 e. The molecule has 0 fully saturated rings. The monoisotopic (exact) mass is 396 g/mol. The van der Waals surface area contributed by atoms with Crippen molar-refractivity contribution in [3.8, 4) is 11.5 Å². The third-order valence-corrected chi connectivity index (χ3v) is 4.39. The van der Waals surface area contributed by atoms with E-state index < -0.39 is 6.09 Å². The van der Waals surface area contributed by atoms with Crippen molar-refractivity contribution < 1.29 is 24.2 Å². The Kier molecular flexibility index (Phi) is 6.36. The van der Waals surface area contributed by atoms with Gasteiger partial charge in [-0.25, -0.2) is 10.4 Å². The molecule has 2 aromatic carbocycles. The molecule has 0 saturated carbocycles. The van der Waals surface area contributed by atoms with Crippen LogP contribution in [0.2, 0.25) is 0 Å². The highest BCUT2D eigenvalue weighted by Crippen LogP contribution is 2.32. The number of carbonyl (C=O) groups excluding carboxylic acids is 2. The summed E-state index contributed by atoms with van der Waals surface area (Å²) in [4.78, 5) is 23.6. The van der Waals surface area contributed by atoms with Gasteiger partial charge in [-0.2, -0.15) is 0 Å². The maximum atomic E-state index is 12.9. The Labute approximate surface area is 168 Å². The maximum absolute atomic E-state index is 12.9. The van der Waals surface area contributed by atoms with Crippen LogP contribution in [0.1, 0.15) is 35.3 Å². The van der Waals surface area contributed by atoms with Gasteiger partial charge in [0.2, 0.25) is 0 Å². The molecule has 1 atom stereocenters. The van der Waals surface area contributed by atoms with Crippen molar-refractivity contribution in [3.05, 3.63) is 65.9 Å². The first kappa shape index (κ1) is 20.2. The van der Waals surface area contributed by atoms with E-state index in [0.29, 0.717) is 30.1 Å². The Morgan fingerprint density at radius 2 is 2.07 bits per heavy atom. The van der Waals surface area contributed by atoms with Gasteiger partial charge in [-0.05, 0) is 49.2 Å². The number of hydrazine groups is 1. The van der Waals surface area contributed by atoms with E-state index in [-0.39, 0.29) is 17.6 Å². The van der Waals surface area contributed by atoms with Gasteiger partial charge in [0.1, 0.15) is 6.09 Å². The molecule has 2 N–H and O–H groups in total. The van der Waals surface area contributed by atoms with Gasteiger partial charge in [-0.1, -0.05) is 18.2 Å². The van der Waals surface area contributed by atoms with Gasteiger partial charge in [0.25, 0.3) is 5.91 Å². The van der Waals surface area contributed by atoms with E-state index in [9.17, 15) is 14.7 Å². The molecule has 2 amide bonds. The lowest BCUT2D eigenvalue weighted by molar-refractivity contribution is -0.242. The minimum absolute atomic E-state index is 0.140. The van der Waals surface area contributed by atoms with Crippen molar-refractivity contribution in [1.82, 2.24) is 10.4 Å². The topological polar surface area (TPSA) is 103 Å². The van der Waals surface area contributed by atoms with Crippen molar-refractivity contribution in [2.45, 2.75) is 19.4 Å².